The van der Waals surface area contributed by atoms with Crippen LogP contribution in [0.4, 0.5) is 13.2 Å². The summed E-state index contributed by atoms with van der Waals surface area (Å²) in [4.78, 5) is 26.9. The van der Waals surface area contributed by atoms with Crippen molar-refractivity contribution in [2.75, 3.05) is 6.54 Å². The number of amides is 1. The number of nitrogens with zero attached hydrogens (tertiary/aromatic N) is 2. The van der Waals surface area contributed by atoms with E-state index in [1.54, 1.807) is 20.8 Å². The molecule has 43 heavy (non-hydrogen) atoms. The molecule has 2 fully saturated rings. The molecular formula is C30H37F3N4O5S. The molecule has 2 aromatic rings. The monoisotopic (exact) mass is 622 g/mol. The standard InChI is InChI=1S/C30H37F3N4O5S/c1-19-22(26(38)35-15-14-28(2,3)27(39)40)17-24(37(19)18-20-8-6-5-7-9-20)21-10-11-25(23(16-21)30(31,32)33)43(41,42)36-29(34-4)12-13-29/h10-11,16-17,20,36H,5-9,12-15,18H2,1-3H3,(H,35,38)(H,39,40). The lowest BCUT2D eigenvalue weighted by Crippen LogP contribution is -2.35. The molecule has 3 N–H and O–H groups in total. The summed E-state index contributed by atoms with van der Waals surface area (Å²) in [5.41, 5.74) is -2.58. The third-order valence-corrected chi connectivity index (χ3v) is 10.1. The van der Waals surface area contributed by atoms with Gasteiger partial charge in [0, 0.05) is 24.5 Å². The van der Waals surface area contributed by atoms with Crippen molar-refractivity contribution in [1.29, 1.82) is 0 Å². The van der Waals surface area contributed by atoms with Crippen molar-refractivity contribution in [1.82, 2.24) is 14.6 Å². The zero-order valence-electron chi connectivity index (χ0n) is 24.5. The molecule has 4 rings (SSSR count). The highest BCUT2D eigenvalue weighted by atomic mass is 32.2. The molecule has 0 unspecified atom stereocenters. The maximum Gasteiger partial charge on any atom is 0.417 e. The number of hydrogen-bond acceptors (Lipinski definition) is 4. The van der Waals surface area contributed by atoms with Crippen LogP contribution in [0, 0.1) is 24.8 Å². The van der Waals surface area contributed by atoms with Crippen LogP contribution in [0.5, 0.6) is 0 Å². The van der Waals surface area contributed by atoms with Crippen LogP contribution >= 0.6 is 0 Å². The van der Waals surface area contributed by atoms with Gasteiger partial charge in [0.15, 0.2) is 0 Å². The van der Waals surface area contributed by atoms with E-state index in [9.17, 15) is 36.3 Å². The molecule has 0 bridgehead atoms. The van der Waals surface area contributed by atoms with Gasteiger partial charge in [0.2, 0.25) is 10.0 Å². The molecule has 2 saturated carbocycles. The number of carboxylic acid groups (broad SMARTS) is 1. The molecular weight excluding hydrogens is 585 g/mol. The normalized spacial score (nSPS) is 17.3. The first-order chi connectivity index (χ1) is 20.0. The van der Waals surface area contributed by atoms with Crippen LogP contribution < -0.4 is 10.0 Å². The highest BCUT2D eigenvalue weighted by Gasteiger charge is 2.55. The highest BCUT2D eigenvalue weighted by molar-refractivity contribution is 7.89. The third-order valence-electron chi connectivity index (χ3n) is 8.52. The number of benzene rings is 1. The quantitative estimate of drug-likeness (QED) is 0.266. The number of carbonyl (C=O) groups excluding carboxylic acids is 1. The largest absolute Gasteiger partial charge is 0.481 e. The van der Waals surface area contributed by atoms with Gasteiger partial charge in [-0.25, -0.2) is 15.0 Å². The van der Waals surface area contributed by atoms with E-state index in [1.807, 2.05) is 4.57 Å². The van der Waals surface area contributed by atoms with E-state index < -0.39 is 49.6 Å². The lowest BCUT2D eigenvalue weighted by molar-refractivity contribution is -0.147. The van der Waals surface area contributed by atoms with Crippen LogP contribution in [0.1, 0.15) is 86.8 Å². The van der Waals surface area contributed by atoms with Crippen molar-refractivity contribution in [2.45, 2.75) is 95.4 Å². The van der Waals surface area contributed by atoms with Crippen LogP contribution in [0.3, 0.4) is 0 Å². The van der Waals surface area contributed by atoms with Crippen molar-refractivity contribution in [3.63, 3.8) is 0 Å². The lowest BCUT2D eigenvalue weighted by Gasteiger charge is -2.24. The summed E-state index contributed by atoms with van der Waals surface area (Å²) in [6, 6.07) is 4.50. The molecule has 1 amide bonds. The molecule has 234 valence electrons. The number of nitrogens with one attached hydrogen (secondary N) is 2. The molecule has 0 saturated heterocycles. The Bertz CT molecular complexity index is 1550. The Labute approximate surface area is 249 Å². The molecule has 1 heterocycles. The maximum atomic E-state index is 14.3. The van der Waals surface area contributed by atoms with Gasteiger partial charge in [-0.15, -0.1) is 4.72 Å². The fraction of sp³-hybridized carbons (Fsp3) is 0.567. The smallest absolute Gasteiger partial charge is 0.417 e. The van der Waals surface area contributed by atoms with Crippen molar-refractivity contribution in [2.24, 2.45) is 11.3 Å². The number of aromatic nitrogens is 1. The molecule has 0 spiro atoms. The van der Waals surface area contributed by atoms with E-state index in [4.69, 9.17) is 6.57 Å². The predicted molar refractivity (Wildman–Crippen MR) is 153 cm³/mol. The summed E-state index contributed by atoms with van der Waals surface area (Å²) in [7, 11) is -4.65. The minimum absolute atomic E-state index is 0.0879. The van der Waals surface area contributed by atoms with E-state index in [2.05, 4.69) is 14.9 Å². The average Bonchev–Trinajstić information content (AvgIpc) is 3.63. The maximum absolute atomic E-state index is 14.3. The second-order valence-corrected chi connectivity index (χ2v) is 13.9. The molecule has 0 radical (unpaired) electrons. The van der Waals surface area contributed by atoms with Gasteiger partial charge in [0.1, 0.15) is 0 Å². The van der Waals surface area contributed by atoms with Gasteiger partial charge in [-0.05, 0) is 69.7 Å². The molecule has 2 aliphatic carbocycles. The van der Waals surface area contributed by atoms with E-state index in [0.717, 1.165) is 44.2 Å². The van der Waals surface area contributed by atoms with Gasteiger partial charge in [-0.3, -0.25) is 14.4 Å². The molecule has 2 aliphatic rings. The molecule has 0 atom stereocenters. The molecule has 1 aromatic heterocycles. The number of carbonyl (C=O) groups is 2. The van der Waals surface area contributed by atoms with Crippen molar-refractivity contribution in [3.05, 3.63) is 52.5 Å². The van der Waals surface area contributed by atoms with Gasteiger partial charge < -0.3 is 15.0 Å². The van der Waals surface area contributed by atoms with Gasteiger partial charge in [-0.2, -0.15) is 13.2 Å². The number of halogens is 3. The molecule has 9 nitrogen and oxygen atoms in total. The number of aliphatic carboxylic acids is 1. The summed E-state index contributed by atoms with van der Waals surface area (Å²) >= 11 is 0. The minimum atomic E-state index is -5.01. The fourth-order valence-corrected chi connectivity index (χ4v) is 7.04. The van der Waals surface area contributed by atoms with Crippen LogP contribution in [0.2, 0.25) is 0 Å². The molecule has 0 aliphatic heterocycles. The summed E-state index contributed by atoms with van der Waals surface area (Å²) in [6.45, 7) is 12.6. The lowest BCUT2D eigenvalue weighted by atomic mass is 9.89. The number of carboxylic acids is 1. The Morgan fingerprint density at radius 1 is 1.14 bits per heavy atom. The number of alkyl halides is 3. The summed E-state index contributed by atoms with van der Waals surface area (Å²) in [5, 5.41) is 12.1. The first kappa shape index (κ1) is 32.5. The van der Waals surface area contributed by atoms with Crippen LogP contribution in [0.25, 0.3) is 16.1 Å². The fourth-order valence-electron chi connectivity index (χ4n) is 5.47. The molecule has 1 aromatic carbocycles. The van der Waals surface area contributed by atoms with Crippen molar-refractivity contribution >= 4 is 21.9 Å². The number of rotatable bonds is 11. The van der Waals surface area contributed by atoms with Crippen LogP contribution in [-0.4, -0.2) is 42.2 Å². The van der Waals surface area contributed by atoms with E-state index in [-0.39, 0.29) is 42.9 Å². The third kappa shape index (κ3) is 7.24. The Morgan fingerprint density at radius 2 is 1.79 bits per heavy atom. The summed E-state index contributed by atoms with van der Waals surface area (Å²) in [6.07, 6.45) is 0.697. The Kier molecular flexibility index (Phi) is 9.05. The number of sulfonamides is 1. The zero-order chi connectivity index (χ0) is 31.8. The zero-order valence-corrected chi connectivity index (χ0v) is 25.3. The Balaban J connectivity index is 1.74. The Hall–Kier alpha value is -3.37. The summed E-state index contributed by atoms with van der Waals surface area (Å²) < 4.78 is 72.9. The SMILES string of the molecule is [C-]#[N+]C1(NS(=O)(=O)c2ccc(-c3cc(C(=O)NCCC(C)(C)C(=O)O)c(C)n3CC3CCCCC3)cc2C(F)(F)F)CC1. The first-order valence-corrected chi connectivity index (χ1v) is 15.8. The second-order valence-electron chi connectivity index (χ2n) is 12.3. The van der Waals surface area contributed by atoms with Crippen LogP contribution in [0.15, 0.2) is 29.2 Å². The average molecular weight is 623 g/mol. The minimum Gasteiger partial charge on any atom is -0.481 e. The van der Waals surface area contributed by atoms with E-state index in [1.165, 1.54) is 12.1 Å². The second kappa shape index (κ2) is 12.0. The van der Waals surface area contributed by atoms with Crippen molar-refractivity contribution < 1.29 is 36.3 Å². The van der Waals surface area contributed by atoms with Gasteiger partial charge >= 0.3 is 12.1 Å². The van der Waals surface area contributed by atoms with Gasteiger partial charge in [0.05, 0.1) is 34.3 Å². The highest BCUT2D eigenvalue weighted by Crippen LogP contribution is 2.42. The molecule has 13 heteroatoms. The van der Waals surface area contributed by atoms with E-state index >= 15 is 0 Å². The first-order valence-electron chi connectivity index (χ1n) is 14.4. The van der Waals surface area contributed by atoms with E-state index in [0.29, 0.717) is 17.9 Å². The summed E-state index contributed by atoms with van der Waals surface area (Å²) in [5.74, 6) is -1.21. The van der Waals surface area contributed by atoms with Crippen molar-refractivity contribution in [3.8, 4) is 11.3 Å². The van der Waals surface area contributed by atoms with Gasteiger partial charge in [0.25, 0.3) is 11.6 Å². The Morgan fingerprint density at radius 3 is 2.35 bits per heavy atom. The number of hydrogen-bond donors (Lipinski definition) is 3. The van der Waals surface area contributed by atoms with Gasteiger partial charge in [-0.1, -0.05) is 25.3 Å². The topological polar surface area (TPSA) is 122 Å². The predicted octanol–water partition coefficient (Wildman–Crippen LogP) is 5.98. The van der Waals surface area contributed by atoms with Crippen LogP contribution in [-0.2, 0) is 27.5 Å².